The quantitative estimate of drug-likeness (QED) is 0.226. The molecule has 0 unspecified atom stereocenters. The summed E-state index contributed by atoms with van der Waals surface area (Å²) in [6, 6.07) is 14.1. The Hall–Kier alpha value is -3.77. The average Bonchev–Trinajstić information content (AvgIpc) is 2.98. The molecule has 1 N–H and O–H groups in total. The van der Waals surface area contributed by atoms with Gasteiger partial charge < -0.3 is 15.0 Å². The van der Waals surface area contributed by atoms with Gasteiger partial charge >= 0.3 is 6.18 Å². The van der Waals surface area contributed by atoms with Crippen molar-refractivity contribution in [3.8, 4) is 5.75 Å². The van der Waals surface area contributed by atoms with Gasteiger partial charge in [0, 0.05) is 13.1 Å². The summed E-state index contributed by atoms with van der Waals surface area (Å²) >= 11 is 5.83. The van der Waals surface area contributed by atoms with Crippen molar-refractivity contribution >= 4 is 39.1 Å². The van der Waals surface area contributed by atoms with Crippen molar-refractivity contribution in [2.45, 2.75) is 57.8 Å². The van der Waals surface area contributed by atoms with Gasteiger partial charge in [0.1, 0.15) is 18.3 Å². The van der Waals surface area contributed by atoms with E-state index in [1.807, 2.05) is 13.8 Å². The molecular formula is C32H37ClF3N3O5S. The summed E-state index contributed by atoms with van der Waals surface area (Å²) < 4.78 is 75.4. The van der Waals surface area contributed by atoms with Crippen LogP contribution >= 0.6 is 11.6 Å². The van der Waals surface area contributed by atoms with Gasteiger partial charge in [0.15, 0.2) is 0 Å². The van der Waals surface area contributed by atoms with Crippen LogP contribution in [0.4, 0.5) is 18.9 Å². The number of rotatable bonds is 13. The Bertz CT molecular complexity index is 1600. The van der Waals surface area contributed by atoms with E-state index in [0.29, 0.717) is 28.2 Å². The Kier molecular flexibility index (Phi) is 11.9. The number of alkyl halides is 3. The average molecular weight is 668 g/mol. The van der Waals surface area contributed by atoms with E-state index < -0.39 is 56.9 Å². The van der Waals surface area contributed by atoms with E-state index in [0.717, 1.165) is 17.7 Å². The molecule has 0 aliphatic carbocycles. The molecule has 0 heterocycles. The molecule has 3 aromatic rings. The number of sulfonamides is 1. The first-order chi connectivity index (χ1) is 21.1. The van der Waals surface area contributed by atoms with Gasteiger partial charge in [-0.1, -0.05) is 62.2 Å². The molecule has 0 bridgehead atoms. The fourth-order valence-electron chi connectivity index (χ4n) is 4.56. The highest BCUT2D eigenvalue weighted by molar-refractivity contribution is 7.92. The molecule has 0 aliphatic rings. The molecule has 0 saturated heterocycles. The first kappa shape index (κ1) is 35.7. The molecule has 0 aromatic heterocycles. The zero-order chi connectivity index (χ0) is 33.5. The van der Waals surface area contributed by atoms with Gasteiger partial charge in [-0.3, -0.25) is 13.9 Å². The first-order valence-corrected chi connectivity index (χ1v) is 16.1. The number of nitrogens with one attached hydrogen (secondary N) is 1. The number of benzene rings is 3. The zero-order valence-corrected chi connectivity index (χ0v) is 27.3. The standard InChI is InChI=1S/C32H37ClF3N3O5S/c1-6-29(31(41)37-18-21(2)3)38(19-23-8-7-9-25(16-23)44-5)30(40)20-39(45(42,43)26-13-10-22(4)11-14-26)24-12-15-28(33)27(17-24)32(34,35)36/h7-17,21,29H,6,18-20H2,1-5H3,(H,37,41)/t29-/m1/s1. The molecule has 8 nitrogen and oxygen atoms in total. The maximum Gasteiger partial charge on any atom is 0.417 e. The third kappa shape index (κ3) is 9.13. The van der Waals surface area contributed by atoms with Crippen LogP contribution in [-0.2, 0) is 32.3 Å². The first-order valence-electron chi connectivity index (χ1n) is 14.2. The highest BCUT2D eigenvalue weighted by atomic mass is 35.5. The summed E-state index contributed by atoms with van der Waals surface area (Å²) in [6.07, 6.45) is -4.71. The number of aryl methyl sites for hydroxylation is 1. The molecule has 0 fully saturated rings. The van der Waals surface area contributed by atoms with Crippen LogP contribution in [-0.4, -0.2) is 51.4 Å². The third-order valence-electron chi connectivity index (χ3n) is 6.99. The Morgan fingerprint density at radius 2 is 1.69 bits per heavy atom. The highest BCUT2D eigenvalue weighted by Gasteiger charge is 2.37. The summed E-state index contributed by atoms with van der Waals surface area (Å²) in [5.74, 6) is -0.622. The zero-order valence-electron chi connectivity index (χ0n) is 25.7. The van der Waals surface area contributed by atoms with E-state index in [9.17, 15) is 31.2 Å². The molecular weight excluding hydrogens is 631 g/mol. The Labute approximate surface area is 267 Å². The molecule has 1 atom stereocenters. The monoisotopic (exact) mass is 667 g/mol. The van der Waals surface area contributed by atoms with Gasteiger partial charge in [0.25, 0.3) is 10.0 Å². The Morgan fingerprint density at radius 1 is 1.02 bits per heavy atom. The second-order valence-corrected chi connectivity index (χ2v) is 13.2. The number of halogens is 4. The molecule has 3 aromatic carbocycles. The minimum Gasteiger partial charge on any atom is -0.497 e. The van der Waals surface area contributed by atoms with Gasteiger partial charge in [-0.25, -0.2) is 8.42 Å². The van der Waals surface area contributed by atoms with Crippen molar-refractivity contribution in [2.24, 2.45) is 5.92 Å². The van der Waals surface area contributed by atoms with Gasteiger partial charge in [-0.2, -0.15) is 13.2 Å². The molecule has 0 spiro atoms. The predicted molar refractivity (Wildman–Crippen MR) is 168 cm³/mol. The van der Waals surface area contributed by atoms with E-state index in [1.165, 1.54) is 36.3 Å². The van der Waals surface area contributed by atoms with Gasteiger partial charge in [-0.05, 0) is 67.3 Å². The van der Waals surface area contributed by atoms with E-state index in [1.54, 1.807) is 38.1 Å². The van der Waals surface area contributed by atoms with Crippen LogP contribution < -0.4 is 14.4 Å². The maximum absolute atomic E-state index is 14.2. The minimum atomic E-state index is -4.89. The molecule has 2 amide bonds. The van der Waals surface area contributed by atoms with Crippen LogP contribution in [0.1, 0.15) is 43.9 Å². The fourth-order valence-corrected chi connectivity index (χ4v) is 6.19. The van der Waals surface area contributed by atoms with E-state index in [-0.39, 0.29) is 23.8 Å². The van der Waals surface area contributed by atoms with Gasteiger partial charge in [-0.15, -0.1) is 0 Å². The SMILES string of the molecule is CC[C@H](C(=O)NCC(C)C)N(Cc1cccc(OC)c1)C(=O)CN(c1ccc(Cl)c(C(F)(F)F)c1)S(=O)(=O)c1ccc(C)cc1. The largest absolute Gasteiger partial charge is 0.497 e. The fraction of sp³-hybridized carbons (Fsp3) is 0.375. The summed E-state index contributed by atoms with van der Waals surface area (Å²) in [4.78, 5) is 28.5. The molecule has 3 rings (SSSR count). The van der Waals surface area contributed by atoms with Gasteiger partial charge in [0.05, 0.1) is 28.3 Å². The van der Waals surface area contributed by atoms with Crippen LogP contribution in [0.3, 0.4) is 0 Å². The van der Waals surface area contributed by atoms with E-state index in [4.69, 9.17) is 16.3 Å². The number of carbonyl (C=O) groups excluding carboxylic acids is 2. The Balaban J connectivity index is 2.15. The van der Waals surface area contributed by atoms with Crippen molar-refractivity contribution in [1.82, 2.24) is 10.2 Å². The van der Waals surface area contributed by atoms with Crippen LogP contribution in [0, 0.1) is 12.8 Å². The second kappa shape index (κ2) is 15.0. The van der Waals surface area contributed by atoms with E-state index in [2.05, 4.69) is 5.32 Å². The summed E-state index contributed by atoms with van der Waals surface area (Å²) in [5.41, 5.74) is -0.327. The maximum atomic E-state index is 14.2. The number of anilines is 1. The van der Waals surface area contributed by atoms with Crippen LogP contribution in [0.15, 0.2) is 71.6 Å². The van der Waals surface area contributed by atoms with Crippen LogP contribution in [0.25, 0.3) is 0 Å². The molecule has 0 saturated carbocycles. The summed E-state index contributed by atoms with van der Waals surface area (Å²) in [7, 11) is -3.10. The third-order valence-corrected chi connectivity index (χ3v) is 9.11. The minimum absolute atomic E-state index is 0.101. The number of amides is 2. The number of hydrogen-bond donors (Lipinski definition) is 1. The molecule has 244 valence electrons. The summed E-state index contributed by atoms with van der Waals surface area (Å²) in [5, 5.41) is 2.20. The molecule has 13 heteroatoms. The van der Waals surface area contributed by atoms with Crippen molar-refractivity contribution in [3.05, 3.63) is 88.4 Å². The van der Waals surface area contributed by atoms with E-state index >= 15 is 0 Å². The topological polar surface area (TPSA) is 96.0 Å². The number of methoxy groups -OCH3 is 1. The molecule has 45 heavy (non-hydrogen) atoms. The summed E-state index contributed by atoms with van der Waals surface area (Å²) in [6.45, 7) is 6.63. The van der Waals surface area contributed by atoms with Crippen molar-refractivity contribution in [2.75, 3.05) is 24.5 Å². The van der Waals surface area contributed by atoms with Crippen molar-refractivity contribution < 1.29 is 35.9 Å². The van der Waals surface area contributed by atoms with Gasteiger partial charge in [0.2, 0.25) is 11.8 Å². The normalized spacial score (nSPS) is 12.5. The lowest BCUT2D eigenvalue weighted by atomic mass is 10.1. The second-order valence-electron chi connectivity index (χ2n) is 10.9. The molecule has 0 aliphatic heterocycles. The van der Waals surface area contributed by atoms with Crippen LogP contribution in [0.5, 0.6) is 5.75 Å². The number of nitrogens with zero attached hydrogens (tertiary/aromatic N) is 2. The predicted octanol–water partition coefficient (Wildman–Crippen LogP) is 6.45. The Morgan fingerprint density at radius 3 is 2.27 bits per heavy atom. The number of carbonyl (C=O) groups is 2. The molecule has 0 radical (unpaired) electrons. The number of ether oxygens (including phenoxy) is 1. The lowest BCUT2D eigenvalue weighted by Crippen LogP contribution is -2.52. The highest BCUT2D eigenvalue weighted by Crippen LogP contribution is 2.38. The lowest BCUT2D eigenvalue weighted by molar-refractivity contribution is -0.140. The van der Waals surface area contributed by atoms with Crippen molar-refractivity contribution in [1.29, 1.82) is 0 Å². The number of hydrogen-bond acceptors (Lipinski definition) is 5. The lowest BCUT2D eigenvalue weighted by Gasteiger charge is -2.33. The smallest absolute Gasteiger partial charge is 0.417 e. The van der Waals surface area contributed by atoms with Crippen molar-refractivity contribution in [3.63, 3.8) is 0 Å². The van der Waals surface area contributed by atoms with Crippen LogP contribution in [0.2, 0.25) is 5.02 Å².